The SMILES string of the molecule is CCCCN(C(=O)CCl)[C@H](C(=O)NC1CCC(C)CC1)c1ccc(OC)c(OC)c1. The summed E-state index contributed by atoms with van der Waals surface area (Å²) in [7, 11) is 3.12. The summed E-state index contributed by atoms with van der Waals surface area (Å²) < 4.78 is 10.8. The molecule has 2 rings (SSSR count). The topological polar surface area (TPSA) is 67.9 Å². The Morgan fingerprint density at radius 1 is 1.17 bits per heavy atom. The summed E-state index contributed by atoms with van der Waals surface area (Å²) >= 11 is 5.91. The molecule has 2 amide bonds. The average Bonchev–Trinajstić information content (AvgIpc) is 2.77. The Balaban J connectivity index is 2.37. The average molecular weight is 439 g/mol. The standard InChI is InChI=1S/C23H35ClN2O4/c1-5-6-13-26(21(27)15-24)22(17-9-12-19(29-3)20(14-17)30-4)23(28)25-18-10-7-16(2)8-11-18/h9,12,14,16,18,22H,5-8,10-11,13,15H2,1-4H3,(H,25,28)/t16?,18?,22-/m0/s1. The van der Waals surface area contributed by atoms with Gasteiger partial charge in [-0.3, -0.25) is 9.59 Å². The van der Waals surface area contributed by atoms with Gasteiger partial charge in [0.15, 0.2) is 11.5 Å². The monoisotopic (exact) mass is 438 g/mol. The number of amides is 2. The van der Waals surface area contributed by atoms with Crippen LogP contribution in [0, 0.1) is 5.92 Å². The first-order chi connectivity index (χ1) is 14.4. The maximum Gasteiger partial charge on any atom is 0.247 e. The van der Waals surface area contributed by atoms with E-state index < -0.39 is 6.04 Å². The molecular weight excluding hydrogens is 404 g/mol. The first-order valence-corrected chi connectivity index (χ1v) is 11.4. The Kier molecular flexibility index (Phi) is 9.76. The van der Waals surface area contributed by atoms with Gasteiger partial charge in [-0.05, 0) is 55.7 Å². The highest BCUT2D eigenvalue weighted by Crippen LogP contribution is 2.33. The summed E-state index contributed by atoms with van der Waals surface area (Å²) in [5.74, 6) is 1.20. The molecule has 1 aromatic carbocycles. The molecule has 1 aliphatic carbocycles. The molecule has 1 N–H and O–H groups in total. The lowest BCUT2D eigenvalue weighted by Crippen LogP contribution is -2.48. The molecule has 1 saturated carbocycles. The van der Waals surface area contributed by atoms with Gasteiger partial charge in [0.05, 0.1) is 14.2 Å². The third-order valence-corrected chi connectivity index (χ3v) is 6.06. The second kappa shape index (κ2) is 12.0. The lowest BCUT2D eigenvalue weighted by molar-refractivity contribution is -0.139. The van der Waals surface area contributed by atoms with E-state index in [-0.39, 0.29) is 23.7 Å². The van der Waals surface area contributed by atoms with Gasteiger partial charge in [-0.1, -0.05) is 26.3 Å². The molecule has 1 atom stereocenters. The van der Waals surface area contributed by atoms with Crippen LogP contribution in [0.4, 0.5) is 0 Å². The van der Waals surface area contributed by atoms with Crippen LogP contribution in [0.5, 0.6) is 11.5 Å². The minimum atomic E-state index is -0.762. The molecule has 1 aromatic rings. The molecule has 0 aromatic heterocycles. The molecule has 30 heavy (non-hydrogen) atoms. The highest BCUT2D eigenvalue weighted by molar-refractivity contribution is 6.27. The molecule has 0 bridgehead atoms. The van der Waals surface area contributed by atoms with Crippen molar-refractivity contribution >= 4 is 23.4 Å². The molecule has 0 heterocycles. The lowest BCUT2D eigenvalue weighted by Gasteiger charge is -2.34. The van der Waals surface area contributed by atoms with Crippen molar-refractivity contribution in [1.29, 1.82) is 0 Å². The van der Waals surface area contributed by atoms with Gasteiger partial charge in [0.25, 0.3) is 0 Å². The fourth-order valence-electron chi connectivity index (χ4n) is 3.98. The van der Waals surface area contributed by atoms with Crippen LogP contribution in [-0.2, 0) is 9.59 Å². The summed E-state index contributed by atoms with van der Waals surface area (Å²) in [6.45, 7) is 4.77. The third kappa shape index (κ3) is 6.27. The summed E-state index contributed by atoms with van der Waals surface area (Å²) in [6, 6.07) is 4.72. The van der Waals surface area contributed by atoms with E-state index in [0.717, 1.165) is 38.5 Å². The molecule has 168 valence electrons. The van der Waals surface area contributed by atoms with Crippen molar-refractivity contribution in [2.45, 2.75) is 64.5 Å². The van der Waals surface area contributed by atoms with E-state index in [0.29, 0.717) is 29.5 Å². The van der Waals surface area contributed by atoms with Crippen molar-refractivity contribution in [1.82, 2.24) is 10.2 Å². The number of hydrogen-bond donors (Lipinski definition) is 1. The molecule has 0 radical (unpaired) electrons. The number of ether oxygens (including phenoxy) is 2. The van der Waals surface area contributed by atoms with E-state index in [2.05, 4.69) is 19.2 Å². The van der Waals surface area contributed by atoms with Gasteiger partial charge in [0.2, 0.25) is 11.8 Å². The van der Waals surface area contributed by atoms with Gasteiger partial charge in [-0.15, -0.1) is 11.6 Å². The molecule has 0 aliphatic heterocycles. The highest BCUT2D eigenvalue weighted by Gasteiger charge is 2.33. The number of nitrogens with zero attached hydrogens (tertiary/aromatic N) is 1. The maximum atomic E-state index is 13.5. The van der Waals surface area contributed by atoms with Crippen LogP contribution in [0.3, 0.4) is 0 Å². The molecule has 6 nitrogen and oxygen atoms in total. The Bertz CT molecular complexity index is 704. The van der Waals surface area contributed by atoms with Crippen molar-refractivity contribution < 1.29 is 19.1 Å². The summed E-state index contributed by atoms with van der Waals surface area (Å²) in [5.41, 5.74) is 0.684. The normalized spacial score (nSPS) is 19.6. The van der Waals surface area contributed by atoms with Gasteiger partial charge in [0.1, 0.15) is 11.9 Å². The predicted molar refractivity (Wildman–Crippen MR) is 119 cm³/mol. The van der Waals surface area contributed by atoms with E-state index in [1.807, 2.05) is 6.07 Å². The van der Waals surface area contributed by atoms with E-state index in [1.54, 1.807) is 31.3 Å². The number of methoxy groups -OCH3 is 2. The maximum absolute atomic E-state index is 13.5. The largest absolute Gasteiger partial charge is 0.493 e. The van der Waals surface area contributed by atoms with Crippen molar-refractivity contribution in [3.8, 4) is 11.5 Å². The quantitative estimate of drug-likeness (QED) is 0.553. The number of benzene rings is 1. The van der Waals surface area contributed by atoms with E-state index in [4.69, 9.17) is 21.1 Å². The minimum Gasteiger partial charge on any atom is -0.493 e. The zero-order valence-corrected chi connectivity index (χ0v) is 19.3. The summed E-state index contributed by atoms with van der Waals surface area (Å²) in [4.78, 5) is 27.8. The molecule has 0 saturated heterocycles. The predicted octanol–water partition coefficient (Wildman–Crippen LogP) is 4.31. The number of rotatable bonds is 10. The van der Waals surface area contributed by atoms with Crippen LogP contribution in [0.25, 0.3) is 0 Å². The Morgan fingerprint density at radius 3 is 2.40 bits per heavy atom. The van der Waals surface area contributed by atoms with E-state index in [9.17, 15) is 9.59 Å². The number of unbranched alkanes of at least 4 members (excludes halogenated alkanes) is 1. The highest BCUT2D eigenvalue weighted by atomic mass is 35.5. The number of nitrogens with one attached hydrogen (secondary N) is 1. The Morgan fingerprint density at radius 2 is 1.83 bits per heavy atom. The van der Waals surface area contributed by atoms with Crippen LogP contribution in [-0.4, -0.2) is 49.4 Å². The smallest absolute Gasteiger partial charge is 0.247 e. The fourth-order valence-corrected chi connectivity index (χ4v) is 4.14. The molecule has 0 spiro atoms. The van der Waals surface area contributed by atoms with Crippen molar-refractivity contribution in [2.75, 3.05) is 26.6 Å². The van der Waals surface area contributed by atoms with Crippen LogP contribution < -0.4 is 14.8 Å². The van der Waals surface area contributed by atoms with Gasteiger partial charge < -0.3 is 19.7 Å². The van der Waals surface area contributed by atoms with Crippen molar-refractivity contribution in [3.05, 3.63) is 23.8 Å². The fraction of sp³-hybridized carbons (Fsp3) is 0.652. The first kappa shape index (κ1) is 24.3. The summed E-state index contributed by atoms with van der Waals surface area (Å²) in [5, 5.41) is 3.19. The lowest BCUT2D eigenvalue weighted by atomic mass is 9.87. The molecule has 1 aliphatic rings. The van der Waals surface area contributed by atoms with E-state index in [1.165, 1.54) is 0 Å². The first-order valence-electron chi connectivity index (χ1n) is 10.8. The minimum absolute atomic E-state index is 0.135. The Labute approximate surface area is 185 Å². The van der Waals surface area contributed by atoms with Crippen molar-refractivity contribution in [2.24, 2.45) is 5.92 Å². The second-order valence-corrected chi connectivity index (χ2v) is 8.32. The van der Waals surface area contributed by atoms with Crippen LogP contribution in [0.1, 0.15) is 64.0 Å². The third-order valence-electron chi connectivity index (χ3n) is 5.83. The van der Waals surface area contributed by atoms with E-state index >= 15 is 0 Å². The van der Waals surface area contributed by atoms with Crippen LogP contribution >= 0.6 is 11.6 Å². The summed E-state index contributed by atoms with van der Waals surface area (Å²) in [6.07, 6.45) is 5.83. The molecular formula is C23H35ClN2O4. The number of carbonyl (C=O) groups excluding carboxylic acids is 2. The van der Waals surface area contributed by atoms with Crippen LogP contribution in [0.2, 0.25) is 0 Å². The second-order valence-electron chi connectivity index (χ2n) is 8.06. The van der Waals surface area contributed by atoms with Gasteiger partial charge in [-0.2, -0.15) is 0 Å². The molecule has 0 unspecified atom stereocenters. The zero-order valence-electron chi connectivity index (χ0n) is 18.6. The van der Waals surface area contributed by atoms with Crippen LogP contribution in [0.15, 0.2) is 18.2 Å². The number of carbonyl (C=O) groups is 2. The zero-order chi connectivity index (χ0) is 22.1. The van der Waals surface area contributed by atoms with Gasteiger partial charge in [-0.25, -0.2) is 0 Å². The Hall–Kier alpha value is -1.95. The van der Waals surface area contributed by atoms with Crippen molar-refractivity contribution in [3.63, 3.8) is 0 Å². The number of halogens is 1. The van der Waals surface area contributed by atoms with Gasteiger partial charge >= 0.3 is 0 Å². The van der Waals surface area contributed by atoms with Gasteiger partial charge in [0, 0.05) is 12.6 Å². The molecule has 7 heteroatoms. The molecule has 1 fully saturated rings. The number of hydrogen-bond acceptors (Lipinski definition) is 4. The number of alkyl halides is 1.